The van der Waals surface area contributed by atoms with Gasteiger partial charge >= 0.3 is 0 Å². The van der Waals surface area contributed by atoms with Gasteiger partial charge in [-0.15, -0.1) is 0 Å². The first kappa shape index (κ1) is 16.3. The molecule has 0 spiro atoms. The van der Waals surface area contributed by atoms with E-state index in [1.54, 1.807) is 30.5 Å². The second-order valence-electron chi connectivity index (χ2n) is 3.72. The van der Waals surface area contributed by atoms with Crippen molar-refractivity contribution in [2.45, 2.75) is 6.10 Å². The third-order valence-corrected chi connectivity index (χ3v) is 2.30. The number of thiocarbonyl (C=S) groups is 1. The summed E-state index contributed by atoms with van der Waals surface area (Å²) in [5, 5.41) is 21.5. The SMILES string of the molecule is NC(=S)N/N=C/c1ccc(OCOC(CO)CO)cc1. The highest BCUT2D eigenvalue weighted by atomic mass is 32.1. The van der Waals surface area contributed by atoms with Crippen LogP contribution < -0.4 is 15.9 Å². The minimum absolute atomic E-state index is 0.0534. The van der Waals surface area contributed by atoms with Gasteiger partial charge in [-0.05, 0) is 42.0 Å². The summed E-state index contributed by atoms with van der Waals surface area (Å²) in [7, 11) is 0. The molecule has 0 bridgehead atoms. The van der Waals surface area contributed by atoms with Gasteiger partial charge in [0.1, 0.15) is 11.9 Å². The minimum Gasteiger partial charge on any atom is -0.468 e. The van der Waals surface area contributed by atoms with Crippen LogP contribution in [-0.4, -0.2) is 47.7 Å². The lowest BCUT2D eigenvalue weighted by molar-refractivity contribution is -0.0763. The molecular formula is C12H17N3O4S. The summed E-state index contributed by atoms with van der Waals surface area (Å²) in [6, 6.07) is 7.04. The third-order valence-electron chi connectivity index (χ3n) is 2.21. The highest BCUT2D eigenvalue weighted by Gasteiger charge is 2.05. The molecule has 0 amide bonds. The number of ether oxygens (including phenoxy) is 2. The Labute approximate surface area is 122 Å². The fourth-order valence-electron chi connectivity index (χ4n) is 1.18. The zero-order valence-electron chi connectivity index (χ0n) is 10.7. The Morgan fingerprint density at radius 2 is 2.00 bits per heavy atom. The van der Waals surface area contributed by atoms with E-state index in [1.165, 1.54) is 0 Å². The van der Waals surface area contributed by atoms with Crippen molar-refractivity contribution in [2.75, 3.05) is 20.0 Å². The van der Waals surface area contributed by atoms with Crippen LogP contribution in [0.1, 0.15) is 5.56 Å². The van der Waals surface area contributed by atoms with Gasteiger partial charge in [0.15, 0.2) is 11.9 Å². The Morgan fingerprint density at radius 3 is 2.55 bits per heavy atom. The predicted octanol–water partition coefficient (Wildman–Crippen LogP) is -0.440. The molecule has 1 rings (SSSR count). The monoisotopic (exact) mass is 299 g/mol. The van der Waals surface area contributed by atoms with Crippen LogP contribution in [0.15, 0.2) is 29.4 Å². The molecule has 7 nitrogen and oxygen atoms in total. The van der Waals surface area contributed by atoms with Crippen LogP contribution in [0.25, 0.3) is 0 Å². The summed E-state index contributed by atoms with van der Waals surface area (Å²) in [5.41, 5.74) is 8.51. The molecule has 0 atom stereocenters. The smallest absolute Gasteiger partial charge is 0.189 e. The topological polar surface area (TPSA) is 109 Å². The number of hydrogen-bond donors (Lipinski definition) is 4. The molecule has 0 radical (unpaired) electrons. The second kappa shape index (κ2) is 9.21. The molecule has 8 heteroatoms. The van der Waals surface area contributed by atoms with Crippen LogP contribution in [0.2, 0.25) is 0 Å². The van der Waals surface area contributed by atoms with E-state index in [-0.39, 0.29) is 25.1 Å². The van der Waals surface area contributed by atoms with Gasteiger partial charge in [-0.3, -0.25) is 5.43 Å². The molecule has 0 aromatic heterocycles. The van der Waals surface area contributed by atoms with Gasteiger partial charge in [0.2, 0.25) is 0 Å². The first-order chi connectivity index (χ1) is 9.65. The quantitative estimate of drug-likeness (QED) is 0.223. The average Bonchev–Trinajstić information content (AvgIpc) is 2.45. The maximum atomic E-state index is 8.80. The van der Waals surface area contributed by atoms with Crippen molar-refractivity contribution in [3.8, 4) is 5.75 Å². The molecule has 0 aliphatic carbocycles. The fraction of sp³-hybridized carbons (Fsp3) is 0.333. The number of hydrazone groups is 1. The maximum absolute atomic E-state index is 8.80. The van der Waals surface area contributed by atoms with Crippen LogP contribution in [0.4, 0.5) is 0 Å². The number of hydrogen-bond acceptors (Lipinski definition) is 6. The number of nitrogens with two attached hydrogens (primary N) is 1. The van der Waals surface area contributed by atoms with E-state index in [9.17, 15) is 0 Å². The van der Waals surface area contributed by atoms with Crippen molar-refractivity contribution >= 4 is 23.5 Å². The zero-order chi connectivity index (χ0) is 14.8. The van der Waals surface area contributed by atoms with Gasteiger partial charge < -0.3 is 25.4 Å². The number of nitrogens with one attached hydrogen (secondary N) is 1. The molecular weight excluding hydrogens is 282 g/mol. The Balaban J connectivity index is 2.38. The maximum Gasteiger partial charge on any atom is 0.189 e. The third kappa shape index (κ3) is 6.43. The van der Waals surface area contributed by atoms with Crippen LogP contribution >= 0.6 is 12.2 Å². The Morgan fingerprint density at radius 1 is 1.35 bits per heavy atom. The highest BCUT2D eigenvalue weighted by molar-refractivity contribution is 7.80. The van der Waals surface area contributed by atoms with E-state index in [2.05, 4.69) is 22.7 Å². The lowest BCUT2D eigenvalue weighted by Crippen LogP contribution is -2.24. The van der Waals surface area contributed by atoms with Gasteiger partial charge in [-0.1, -0.05) is 0 Å². The highest BCUT2D eigenvalue weighted by Crippen LogP contribution is 2.11. The fourth-order valence-corrected chi connectivity index (χ4v) is 1.23. The molecule has 110 valence electrons. The van der Waals surface area contributed by atoms with Gasteiger partial charge in [0.05, 0.1) is 19.4 Å². The van der Waals surface area contributed by atoms with Crippen molar-refractivity contribution < 1.29 is 19.7 Å². The van der Waals surface area contributed by atoms with E-state index in [4.69, 9.17) is 25.4 Å². The van der Waals surface area contributed by atoms with E-state index < -0.39 is 6.10 Å². The summed E-state index contributed by atoms with van der Waals surface area (Å²) in [6.45, 7) is -0.571. The zero-order valence-corrected chi connectivity index (χ0v) is 11.5. The number of nitrogens with zero attached hydrogens (tertiary/aromatic N) is 1. The van der Waals surface area contributed by atoms with Gasteiger partial charge in [0, 0.05) is 0 Å². The van der Waals surface area contributed by atoms with Crippen LogP contribution in [0.5, 0.6) is 5.75 Å². The van der Waals surface area contributed by atoms with Crippen LogP contribution in [-0.2, 0) is 4.74 Å². The number of benzene rings is 1. The molecule has 0 unspecified atom stereocenters. The Hall–Kier alpha value is -1.74. The molecule has 0 aliphatic rings. The standard InChI is InChI=1S/C12H17N3O4S/c13-12(20)15-14-5-9-1-3-10(4-2-9)18-8-19-11(6-16)7-17/h1-5,11,16-17H,6-8H2,(H3,13,15,20)/b14-5+. The number of aliphatic hydroxyl groups excluding tert-OH is 2. The molecule has 0 saturated carbocycles. The molecule has 0 heterocycles. The second-order valence-corrected chi connectivity index (χ2v) is 4.16. The molecule has 0 aliphatic heterocycles. The Bertz CT molecular complexity index is 435. The van der Waals surface area contributed by atoms with Crippen molar-refractivity contribution in [2.24, 2.45) is 10.8 Å². The molecule has 0 fully saturated rings. The summed E-state index contributed by atoms with van der Waals surface area (Å²) in [5.74, 6) is 0.596. The lowest BCUT2D eigenvalue weighted by Gasteiger charge is -2.13. The summed E-state index contributed by atoms with van der Waals surface area (Å²) < 4.78 is 10.4. The number of aliphatic hydroxyl groups is 2. The average molecular weight is 299 g/mol. The summed E-state index contributed by atoms with van der Waals surface area (Å²) in [6.07, 6.45) is 0.931. The van der Waals surface area contributed by atoms with Crippen molar-refractivity contribution in [3.05, 3.63) is 29.8 Å². The molecule has 0 saturated heterocycles. The van der Waals surface area contributed by atoms with Gasteiger partial charge in [-0.25, -0.2) is 0 Å². The number of rotatable bonds is 8. The minimum atomic E-state index is -0.632. The molecule has 1 aromatic rings. The summed E-state index contributed by atoms with van der Waals surface area (Å²) >= 11 is 4.60. The first-order valence-electron chi connectivity index (χ1n) is 5.80. The van der Waals surface area contributed by atoms with Crippen molar-refractivity contribution in [1.29, 1.82) is 0 Å². The van der Waals surface area contributed by atoms with Gasteiger partial charge in [-0.2, -0.15) is 5.10 Å². The van der Waals surface area contributed by atoms with E-state index in [0.717, 1.165) is 5.56 Å². The van der Waals surface area contributed by atoms with Crippen LogP contribution in [0.3, 0.4) is 0 Å². The van der Waals surface area contributed by atoms with E-state index in [1.807, 2.05) is 0 Å². The first-order valence-corrected chi connectivity index (χ1v) is 6.21. The predicted molar refractivity (Wildman–Crippen MR) is 78.5 cm³/mol. The van der Waals surface area contributed by atoms with Crippen LogP contribution in [0, 0.1) is 0 Å². The van der Waals surface area contributed by atoms with Crippen molar-refractivity contribution in [3.63, 3.8) is 0 Å². The summed E-state index contributed by atoms with van der Waals surface area (Å²) in [4.78, 5) is 0. The lowest BCUT2D eigenvalue weighted by atomic mass is 10.2. The Kier molecular flexibility index (Phi) is 7.51. The molecule has 20 heavy (non-hydrogen) atoms. The molecule has 5 N–H and O–H groups in total. The normalized spacial score (nSPS) is 10.9. The van der Waals surface area contributed by atoms with Crippen molar-refractivity contribution in [1.82, 2.24) is 5.43 Å². The largest absolute Gasteiger partial charge is 0.468 e. The van der Waals surface area contributed by atoms with Gasteiger partial charge in [0.25, 0.3) is 0 Å². The molecule has 1 aromatic carbocycles. The van der Waals surface area contributed by atoms with E-state index in [0.29, 0.717) is 5.75 Å². The van der Waals surface area contributed by atoms with E-state index >= 15 is 0 Å².